The summed E-state index contributed by atoms with van der Waals surface area (Å²) in [7, 11) is 0. The molecule has 2 rings (SSSR count). The van der Waals surface area contributed by atoms with Gasteiger partial charge in [0.1, 0.15) is 0 Å². The fourth-order valence-corrected chi connectivity index (χ4v) is 2.85. The number of benzene rings is 1. The Morgan fingerprint density at radius 2 is 2.17 bits per heavy atom. The van der Waals surface area contributed by atoms with Gasteiger partial charge in [-0.3, -0.25) is 14.9 Å². The topological polar surface area (TPSA) is 68.3 Å². The maximum absolute atomic E-state index is 11.9. The van der Waals surface area contributed by atoms with E-state index < -0.39 is 0 Å². The molecular weight excluding hydrogens is 371 g/mol. The SMILES string of the molecule is CCOC(=O)Cc1csc(NC(=O)/C=C/c2cccc(Cl)c2Cl)n1. The first-order valence-electron chi connectivity index (χ1n) is 7.02. The summed E-state index contributed by atoms with van der Waals surface area (Å²) in [4.78, 5) is 27.5. The van der Waals surface area contributed by atoms with Gasteiger partial charge in [-0.25, -0.2) is 4.98 Å². The van der Waals surface area contributed by atoms with Gasteiger partial charge in [0.2, 0.25) is 5.91 Å². The number of esters is 1. The van der Waals surface area contributed by atoms with E-state index in [9.17, 15) is 9.59 Å². The lowest BCUT2D eigenvalue weighted by Crippen LogP contribution is -2.09. The van der Waals surface area contributed by atoms with Crippen molar-refractivity contribution in [2.24, 2.45) is 0 Å². The van der Waals surface area contributed by atoms with Crippen molar-refractivity contribution in [2.45, 2.75) is 13.3 Å². The van der Waals surface area contributed by atoms with Crippen molar-refractivity contribution >= 4 is 57.6 Å². The molecule has 1 N–H and O–H groups in total. The first kappa shape index (κ1) is 18.4. The summed E-state index contributed by atoms with van der Waals surface area (Å²) in [5.74, 6) is -0.709. The minimum absolute atomic E-state index is 0.0776. The van der Waals surface area contributed by atoms with E-state index in [0.717, 1.165) is 0 Å². The molecule has 8 heteroatoms. The standard InChI is InChI=1S/C16H14Cl2N2O3S/c1-2-23-14(22)8-11-9-24-16(19-11)20-13(21)7-6-10-4-3-5-12(17)15(10)18/h3-7,9H,2,8H2,1H3,(H,19,20,21)/b7-6+. The molecule has 2 aromatic rings. The lowest BCUT2D eigenvalue weighted by Gasteiger charge is -2.00. The summed E-state index contributed by atoms with van der Waals surface area (Å²) in [6.45, 7) is 2.06. The molecule has 0 atom stereocenters. The van der Waals surface area contributed by atoms with E-state index >= 15 is 0 Å². The Labute approximate surface area is 153 Å². The third-order valence-corrected chi connectivity index (χ3v) is 4.45. The molecule has 0 radical (unpaired) electrons. The van der Waals surface area contributed by atoms with Crippen LogP contribution in [-0.2, 0) is 20.7 Å². The molecule has 24 heavy (non-hydrogen) atoms. The van der Waals surface area contributed by atoms with Crippen molar-refractivity contribution in [3.8, 4) is 0 Å². The molecule has 0 unspecified atom stereocenters. The van der Waals surface area contributed by atoms with Crippen LogP contribution < -0.4 is 5.32 Å². The molecule has 0 aliphatic heterocycles. The van der Waals surface area contributed by atoms with Crippen LogP contribution in [0.5, 0.6) is 0 Å². The number of rotatable bonds is 6. The number of halogens is 2. The highest BCUT2D eigenvalue weighted by atomic mass is 35.5. The summed E-state index contributed by atoms with van der Waals surface area (Å²) in [6, 6.07) is 5.16. The highest BCUT2D eigenvalue weighted by Gasteiger charge is 2.09. The molecule has 0 spiro atoms. The molecule has 1 aromatic carbocycles. The number of ether oxygens (including phenoxy) is 1. The summed E-state index contributed by atoms with van der Waals surface area (Å²) >= 11 is 13.2. The summed E-state index contributed by atoms with van der Waals surface area (Å²) in [5.41, 5.74) is 1.19. The molecule has 0 bridgehead atoms. The van der Waals surface area contributed by atoms with Gasteiger partial charge in [0.25, 0.3) is 0 Å². The van der Waals surface area contributed by atoms with Crippen LogP contribution in [0, 0.1) is 0 Å². The molecule has 0 saturated carbocycles. The first-order valence-corrected chi connectivity index (χ1v) is 8.66. The van der Waals surface area contributed by atoms with Gasteiger partial charge in [0, 0.05) is 11.5 Å². The highest BCUT2D eigenvalue weighted by molar-refractivity contribution is 7.14. The first-order chi connectivity index (χ1) is 11.5. The molecule has 1 aromatic heterocycles. The molecule has 0 aliphatic carbocycles. The van der Waals surface area contributed by atoms with Gasteiger partial charge in [0.15, 0.2) is 5.13 Å². The number of carbonyl (C=O) groups excluding carboxylic acids is 2. The molecule has 0 fully saturated rings. The second-order valence-corrected chi connectivity index (χ2v) is 6.23. The summed E-state index contributed by atoms with van der Waals surface area (Å²) in [5, 5.41) is 5.53. The average Bonchev–Trinajstić information content (AvgIpc) is 2.96. The van der Waals surface area contributed by atoms with Crippen LogP contribution in [0.1, 0.15) is 18.2 Å². The lowest BCUT2D eigenvalue weighted by molar-refractivity contribution is -0.142. The lowest BCUT2D eigenvalue weighted by atomic mass is 10.2. The van der Waals surface area contributed by atoms with Gasteiger partial charge in [-0.1, -0.05) is 35.3 Å². The average molecular weight is 385 g/mol. The maximum Gasteiger partial charge on any atom is 0.311 e. The van der Waals surface area contributed by atoms with E-state index in [2.05, 4.69) is 10.3 Å². The summed E-state index contributed by atoms with van der Waals surface area (Å²) < 4.78 is 4.85. The fraction of sp³-hybridized carbons (Fsp3) is 0.188. The number of carbonyl (C=O) groups is 2. The molecule has 0 saturated heterocycles. The number of aromatic nitrogens is 1. The fourth-order valence-electron chi connectivity index (χ4n) is 1.77. The maximum atomic E-state index is 11.9. The van der Waals surface area contributed by atoms with Crippen LogP contribution in [0.15, 0.2) is 29.7 Å². The Bertz CT molecular complexity index is 774. The minimum Gasteiger partial charge on any atom is -0.466 e. The quantitative estimate of drug-likeness (QED) is 0.598. The number of thiazole rings is 1. The second kappa shape index (κ2) is 8.82. The van der Waals surface area contributed by atoms with Gasteiger partial charge in [-0.15, -0.1) is 11.3 Å². The van der Waals surface area contributed by atoms with Gasteiger partial charge in [0.05, 0.1) is 28.8 Å². The molecule has 0 aliphatic rings. The van der Waals surface area contributed by atoms with Crippen LogP contribution in [-0.4, -0.2) is 23.5 Å². The van der Waals surface area contributed by atoms with Crippen molar-refractivity contribution < 1.29 is 14.3 Å². The van der Waals surface area contributed by atoms with E-state index in [-0.39, 0.29) is 18.3 Å². The number of anilines is 1. The normalized spacial score (nSPS) is 10.8. The number of nitrogens with one attached hydrogen (secondary N) is 1. The van der Waals surface area contributed by atoms with Crippen LogP contribution in [0.4, 0.5) is 5.13 Å². The Kier molecular flexibility index (Phi) is 6.78. The van der Waals surface area contributed by atoms with E-state index in [1.807, 2.05) is 0 Å². The third-order valence-electron chi connectivity index (χ3n) is 2.81. The van der Waals surface area contributed by atoms with E-state index in [4.69, 9.17) is 27.9 Å². The minimum atomic E-state index is -0.358. The zero-order valence-electron chi connectivity index (χ0n) is 12.7. The number of hydrogen-bond acceptors (Lipinski definition) is 5. The third kappa shape index (κ3) is 5.33. The van der Waals surface area contributed by atoms with Crippen molar-refractivity contribution in [3.05, 3.63) is 51.0 Å². The van der Waals surface area contributed by atoms with Crippen LogP contribution in [0.2, 0.25) is 10.0 Å². The van der Waals surface area contributed by atoms with E-state index in [1.165, 1.54) is 17.4 Å². The number of amides is 1. The van der Waals surface area contributed by atoms with Crippen molar-refractivity contribution in [1.82, 2.24) is 4.98 Å². The largest absolute Gasteiger partial charge is 0.466 e. The van der Waals surface area contributed by atoms with Gasteiger partial charge in [-0.05, 0) is 24.6 Å². The Morgan fingerprint density at radius 1 is 1.38 bits per heavy atom. The highest BCUT2D eigenvalue weighted by Crippen LogP contribution is 2.26. The van der Waals surface area contributed by atoms with Crippen LogP contribution in [0.25, 0.3) is 6.08 Å². The number of hydrogen-bond donors (Lipinski definition) is 1. The molecule has 5 nitrogen and oxygen atoms in total. The predicted molar refractivity (Wildman–Crippen MR) is 96.6 cm³/mol. The van der Waals surface area contributed by atoms with Crippen LogP contribution >= 0.6 is 34.5 Å². The van der Waals surface area contributed by atoms with E-state index in [0.29, 0.717) is 33.0 Å². The Hall–Kier alpha value is -1.89. The molecule has 1 heterocycles. The molecule has 1 amide bonds. The van der Waals surface area contributed by atoms with E-state index in [1.54, 1.807) is 36.6 Å². The Morgan fingerprint density at radius 3 is 2.92 bits per heavy atom. The monoisotopic (exact) mass is 384 g/mol. The van der Waals surface area contributed by atoms with Crippen LogP contribution in [0.3, 0.4) is 0 Å². The predicted octanol–water partition coefficient (Wildman–Crippen LogP) is 4.21. The molecule has 126 valence electrons. The van der Waals surface area contributed by atoms with Crippen molar-refractivity contribution in [3.63, 3.8) is 0 Å². The zero-order valence-corrected chi connectivity index (χ0v) is 15.0. The van der Waals surface area contributed by atoms with Gasteiger partial charge >= 0.3 is 5.97 Å². The number of nitrogens with zero attached hydrogens (tertiary/aromatic N) is 1. The van der Waals surface area contributed by atoms with Crippen molar-refractivity contribution in [1.29, 1.82) is 0 Å². The smallest absolute Gasteiger partial charge is 0.311 e. The van der Waals surface area contributed by atoms with Crippen molar-refractivity contribution in [2.75, 3.05) is 11.9 Å². The second-order valence-electron chi connectivity index (χ2n) is 4.59. The van der Waals surface area contributed by atoms with Gasteiger partial charge in [-0.2, -0.15) is 0 Å². The van der Waals surface area contributed by atoms with Gasteiger partial charge < -0.3 is 4.74 Å². The summed E-state index contributed by atoms with van der Waals surface area (Å²) in [6.07, 6.45) is 2.98. The zero-order chi connectivity index (χ0) is 17.5. The Balaban J connectivity index is 1.95. The molecular formula is C16H14Cl2N2O3S.